The van der Waals surface area contributed by atoms with Gasteiger partial charge in [-0.3, -0.25) is 14.4 Å². The van der Waals surface area contributed by atoms with E-state index in [9.17, 15) is 40.7 Å². The maximum atomic E-state index is 13.3. The van der Waals surface area contributed by atoms with Crippen LogP contribution in [0.5, 0.6) is 5.75 Å². The minimum atomic E-state index is -5.08. The first-order valence-electron chi connectivity index (χ1n) is 13.6. The predicted molar refractivity (Wildman–Crippen MR) is 140 cm³/mol. The number of rotatable bonds is 6. The molecule has 0 radical (unpaired) electrons. The Morgan fingerprint density at radius 1 is 0.786 bits per heavy atom. The molecule has 0 spiro atoms. The summed E-state index contributed by atoms with van der Waals surface area (Å²) < 4.78 is 84.9. The van der Waals surface area contributed by atoms with E-state index in [-0.39, 0.29) is 43.1 Å². The zero-order valence-corrected chi connectivity index (χ0v) is 22.8. The SMILES string of the molecule is COc1ccc(C(=O)N[C@@H]2CCCC[C@H]2NC(=O)C2CCCN(C(=O)c3cc(C(F)(F)F)cc(C(F)(F)F)c3)C2)cc1. The number of methoxy groups -OCH3 is 1. The van der Waals surface area contributed by atoms with Crippen molar-refractivity contribution in [2.24, 2.45) is 5.92 Å². The van der Waals surface area contributed by atoms with Crippen LogP contribution in [0.15, 0.2) is 42.5 Å². The van der Waals surface area contributed by atoms with E-state index in [2.05, 4.69) is 10.6 Å². The first kappa shape index (κ1) is 31.2. The summed E-state index contributed by atoms with van der Waals surface area (Å²) in [6, 6.07) is 6.63. The average molecular weight is 600 g/mol. The van der Waals surface area contributed by atoms with Gasteiger partial charge in [0.1, 0.15) is 5.75 Å². The Hall–Kier alpha value is -3.77. The maximum Gasteiger partial charge on any atom is 0.416 e. The van der Waals surface area contributed by atoms with Gasteiger partial charge < -0.3 is 20.3 Å². The number of hydrogen-bond acceptors (Lipinski definition) is 4. The van der Waals surface area contributed by atoms with E-state index < -0.39 is 40.9 Å². The highest BCUT2D eigenvalue weighted by atomic mass is 19.4. The van der Waals surface area contributed by atoms with Gasteiger partial charge in [-0.25, -0.2) is 0 Å². The van der Waals surface area contributed by atoms with Crippen molar-refractivity contribution >= 4 is 17.7 Å². The lowest BCUT2D eigenvalue weighted by Gasteiger charge is -2.36. The number of ether oxygens (including phenoxy) is 1. The molecule has 3 amide bonds. The molecule has 2 N–H and O–H groups in total. The second kappa shape index (κ2) is 12.6. The highest BCUT2D eigenvalue weighted by Crippen LogP contribution is 2.37. The van der Waals surface area contributed by atoms with Crippen LogP contribution in [0.25, 0.3) is 0 Å². The fourth-order valence-electron chi connectivity index (χ4n) is 5.41. The molecular formula is C29H31F6N3O4. The normalized spacial score (nSPS) is 21.4. The summed E-state index contributed by atoms with van der Waals surface area (Å²) in [4.78, 5) is 40.2. The molecule has 4 rings (SSSR count). The molecule has 2 fully saturated rings. The van der Waals surface area contributed by atoms with E-state index in [0.29, 0.717) is 49.1 Å². The van der Waals surface area contributed by atoms with Gasteiger partial charge in [-0.05, 0) is 68.1 Å². The van der Waals surface area contributed by atoms with Gasteiger partial charge >= 0.3 is 12.4 Å². The van der Waals surface area contributed by atoms with Gasteiger partial charge in [0.2, 0.25) is 5.91 Å². The molecule has 1 saturated carbocycles. The van der Waals surface area contributed by atoms with Crippen LogP contribution in [0.3, 0.4) is 0 Å². The fourth-order valence-corrected chi connectivity index (χ4v) is 5.41. The first-order valence-corrected chi connectivity index (χ1v) is 13.6. The average Bonchev–Trinajstić information content (AvgIpc) is 2.96. The van der Waals surface area contributed by atoms with Crippen molar-refractivity contribution in [1.29, 1.82) is 0 Å². The Morgan fingerprint density at radius 2 is 1.36 bits per heavy atom. The monoisotopic (exact) mass is 599 g/mol. The summed E-state index contributed by atoms with van der Waals surface area (Å²) in [5, 5.41) is 5.93. The van der Waals surface area contributed by atoms with E-state index in [1.165, 1.54) is 7.11 Å². The highest BCUT2D eigenvalue weighted by Gasteiger charge is 2.39. The zero-order chi connectivity index (χ0) is 30.7. The Bertz CT molecular complexity index is 1260. The third-order valence-corrected chi connectivity index (χ3v) is 7.68. The van der Waals surface area contributed by atoms with E-state index >= 15 is 0 Å². The van der Waals surface area contributed by atoms with E-state index in [0.717, 1.165) is 17.7 Å². The van der Waals surface area contributed by atoms with Crippen molar-refractivity contribution in [3.05, 3.63) is 64.7 Å². The van der Waals surface area contributed by atoms with E-state index in [1.54, 1.807) is 24.3 Å². The van der Waals surface area contributed by atoms with Crippen LogP contribution in [0.4, 0.5) is 26.3 Å². The van der Waals surface area contributed by atoms with Gasteiger partial charge in [-0.15, -0.1) is 0 Å². The minimum absolute atomic E-state index is 0.0305. The van der Waals surface area contributed by atoms with Crippen LogP contribution in [0.1, 0.15) is 70.4 Å². The molecule has 1 aliphatic heterocycles. The van der Waals surface area contributed by atoms with Crippen LogP contribution in [0.2, 0.25) is 0 Å². The van der Waals surface area contributed by atoms with Crippen molar-refractivity contribution in [3.8, 4) is 5.75 Å². The lowest BCUT2D eigenvalue weighted by molar-refractivity contribution is -0.143. The number of benzene rings is 2. The van der Waals surface area contributed by atoms with Gasteiger partial charge in [0, 0.05) is 36.3 Å². The topological polar surface area (TPSA) is 87.7 Å². The van der Waals surface area contributed by atoms with Crippen LogP contribution in [-0.4, -0.2) is 54.9 Å². The van der Waals surface area contributed by atoms with Gasteiger partial charge in [-0.2, -0.15) is 26.3 Å². The molecule has 2 aromatic carbocycles. The largest absolute Gasteiger partial charge is 0.497 e. The fraction of sp³-hybridized carbons (Fsp3) is 0.483. The van der Waals surface area contributed by atoms with Gasteiger partial charge in [0.25, 0.3) is 11.8 Å². The number of nitrogens with one attached hydrogen (secondary N) is 2. The molecule has 228 valence electrons. The summed E-state index contributed by atoms with van der Waals surface area (Å²) in [5.41, 5.74) is -3.47. The molecule has 1 saturated heterocycles. The second-order valence-corrected chi connectivity index (χ2v) is 10.6. The van der Waals surface area contributed by atoms with E-state index in [4.69, 9.17) is 4.74 Å². The number of amides is 3. The number of hydrogen-bond donors (Lipinski definition) is 2. The Labute approximate surface area is 238 Å². The molecule has 13 heteroatoms. The van der Waals surface area contributed by atoms with Crippen LogP contribution in [-0.2, 0) is 17.1 Å². The van der Waals surface area contributed by atoms with Crippen molar-refractivity contribution in [1.82, 2.24) is 15.5 Å². The summed E-state index contributed by atoms with van der Waals surface area (Å²) in [5.74, 6) is -1.81. The number of carbonyl (C=O) groups is 3. The van der Waals surface area contributed by atoms with Crippen LogP contribution < -0.4 is 15.4 Å². The molecule has 42 heavy (non-hydrogen) atoms. The third-order valence-electron chi connectivity index (χ3n) is 7.68. The van der Waals surface area contributed by atoms with Crippen LogP contribution in [0, 0.1) is 5.92 Å². The third kappa shape index (κ3) is 7.54. The highest BCUT2D eigenvalue weighted by molar-refractivity contribution is 5.95. The lowest BCUT2D eigenvalue weighted by Crippen LogP contribution is -2.55. The first-order chi connectivity index (χ1) is 19.8. The Balaban J connectivity index is 1.43. The van der Waals surface area contributed by atoms with Gasteiger partial charge in [-0.1, -0.05) is 12.8 Å². The standard InChI is InChI=1S/C29H31F6N3O4/c1-42-22-10-8-17(9-11-22)25(39)36-23-6-2-3-7-24(23)37-26(40)18-5-4-12-38(16-18)27(41)19-13-20(28(30,31)32)15-21(14-19)29(33,34)35/h8-11,13-15,18,23-24H,2-7,12,16H2,1H3,(H,36,39)(H,37,40)/t18?,23-,24-/m1/s1. The number of halogens is 6. The molecule has 0 bridgehead atoms. The van der Waals surface area contributed by atoms with E-state index in [1.807, 2.05) is 0 Å². The van der Waals surface area contributed by atoms with Gasteiger partial charge in [0.15, 0.2) is 0 Å². The van der Waals surface area contributed by atoms with Crippen molar-refractivity contribution in [3.63, 3.8) is 0 Å². The zero-order valence-electron chi connectivity index (χ0n) is 22.8. The molecule has 2 aliphatic rings. The molecule has 3 atom stereocenters. The predicted octanol–water partition coefficient (Wildman–Crippen LogP) is 5.44. The molecule has 7 nitrogen and oxygen atoms in total. The number of alkyl halides is 6. The molecule has 1 unspecified atom stereocenters. The Kier molecular flexibility index (Phi) is 9.37. The number of nitrogens with zero attached hydrogens (tertiary/aromatic N) is 1. The second-order valence-electron chi connectivity index (χ2n) is 10.6. The molecule has 1 aliphatic carbocycles. The molecular weight excluding hydrogens is 568 g/mol. The summed E-state index contributed by atoms with van der Waals surface area (Å²) in [7, 11) is 1.51. The van der Waals surface area contributed by atoms with Crippen molar-refractivity contribution in [2.45, 2.75) is 63.0 Å². The summed E-state index contributed by atoms with van der Waals surface area (Å²) in [6.07, 6.45) is -6.51. The lowest BCUT2D eigenvalue weighted by atomic mass is 9.88. The summed E-state index contributed by atoms with van der Waals surface area (Å²) in [6.45, 7) is -0.0674. The van der Waals surface area contributed by atoms with Gasteiger partial charge in [0.05, 0.1) is 24.2 Å². The maximum absolute atomic E-state index is 13.3. The number of piperidine rings is 1. The summed E-state index contributed by atoms with van der Waals surface area (Å²) >= 11 is 0. The Morgan fingerprint density at radius 3 is 1.90 bits per heavy atom. The smallest absolute Gasteiger partial charge is 0.416 e. The van der Waals surface area contributed by atoms with Crippen LogP contribution >= 0.6 is 0 Å². The number of likely N-dealkylation sites (tertiary alicyclic amines) is 1. The van der Waals surface area contributed by atoms with Crippen molar-refractivity contribution in [2.75, 3.05) is 20.2 Å². The quantitative estimate of drug-likeness (QED) is 0.433. The molecule has 0 aromatic heterocycles. The molecule has 2 aromatic rings. The van der Waals surface area contributed by atoms with Crippen molar-refractivity contribution < 1.29 is 45.5 Å². The molecule has 1 heterocycles. The number of carbonyl (C=O) groups excluding carboxylic acids is 3. The minimum Gasteiger partial charge on any atom is -0.497 e.